The van der Waals surface area contributed by atoms with Crippen molar-refractivity contribution in [1.29, 1.82) is 0 Å². The van der Waals surface area contributed by atoms with Gasteiger partial charge < -0.3 is 45.1 Å². The Morgan fingerprint density at radius 3 is 1.27 bits per heavy atom. The Bertz CT molecular complexity index is 1670. The molecule has 1 aliphatic heterocycles. The van der Waals surface area contributed by atoms with Gasteiger partial charge in [0.05, 0.1) is 25.4 Å². The van der Waals surface area contributed by atoms with Gasteiger partial charge in [-0.1, -0.05) is 273 Å². The molecule has 0 radical (unpaired) electrons. The largest absolute Gasteiger partial charge is 0.454 e. The normalized spacial score (nSPS) is 19.1. The summed E-state index contributed by atoms with van der Waals surface area (Å²) in [4.78, 5) is 26.6. The lowest BCUT2D eigenvalue weighted by atomic mass is 9.99. The monoisotopic (exact) mass is 1170 g/mol. The number of rotatable bonds is 58. The van der Waals surface area contributed by atoms with Crippen LogP contribution in [0.1, 0.15) is 297 Å². The minimum absolute atomic E-state index is 0.108. The third-order valence-corrected chi connectivity index (χ3v) is 15.8. The van der Waals surface area contributed by atoms with E-state index in [1.807, 2.05) is 6.08 Å². The Balaban J connectivity index is 2.60. The molecule has 1 fully saturated rings. The van der Waals surface area contributed by atoms with E-state index in [0.29, 0.717) is 12.8 Å². The van der Waals surface area contributed by atoms with E-state index >= 15 is 0 Å². The van der Waals surface area contributed by atoms with Gasteiger partial charge in [-0.3, -0.25) is 9.59 Å². The van der Waals surface area contributed by atoms with Gasteiger partial charge in [0.2, 0.25) is 5.91 Å². The molecule has 0 aliphatic carbocycles. The molecule has 1 saturated heterocycles. The summed E-state index contributed by atoms with van der Waals surface area (Å²) in [6, 6.07) is -1.03. The molecule has 0 spiro atoms. The highest BCUT2D eigenvalue weighted by molar-refractivity contribution is 5.80. The van der Waals surface area contributed by atoms with Gasteiger partial charge in [-0.15, -0.1) is 0 Å². The second kappa shape index (κ2) is 59.2. The number of allylic oxidation sites excluding steroid dienone is 13. The van der Waals surface area contributed by atoms with Crippen LogP contribution in [0.4, 0.5) is 0 Å². The predicted molar refractivity (Wildman–Crippen MR) is 347 cm³/mol. The van der Waals surface area contributed by atoms with Crippen molar-refractivity contribution >= 4 is 11.9 Å². The van der Waals surface area contributed by atoms with Gasteiger partial charge in [0.1, 0.15) is 24.4 Å². The van der Waals surface area contributed by atoms with Gasteiger partial charge in [0.15, 0.2) is 12.4 Å². The first-order chi connectivity index (χ1) is 40.7. The quantitative estimate of drug-likeness (QED) is 0.0195. The maximum atomic E-state index is 13.5. The minimum atomic E-state index is -1.62. The molecule has 1 amide bonds. The Morgan fingerprint density at radius 1 is 0.470 bits per heavy atom. The van der Waals surface area contributed by atoms with Crippen LogP contribution in [0.3, 0.4) is 0 Å². The number of ether oxygens (including phenoxy) is 3. The van der Waals surface area contributed by atoms with Crippen molar-refractivity contribution in [1.82, 2.24) is 5.32 Å². The zero-order chi connectivity index (χ0) is 60.3. The highest BCUT2D eigenvalue weighted by Gasteiger charge is 2.47. The van der Waals surface area contributed by atoms with E-state index in [1.54, 1.807) is 6.08 Å². The summed E-state index contributed by atoms with van der Waals surface area (Å²) in [5, 5.41) is 57.1. The van der Waals surface area contributed by atoms with Crippen molar-refractivity contribution < 1.29 is 49.3 Å². The molecule has 11 heteroatoms. The Hall–Kier alpha value is -3.16. The third-order valence-electron chi connectivity index (χ3n) is 15.8. The number of aliphatic hydroxyl groups is 5. The predicted octanol–water partition coefficient (Wildman–Crippen LogP) is 17.3. The fourth-order valence-electron chi connectivity index (χ4n) is 10.3. The van der Waals surface area contributed by atoms with E-state index in [1.165, 1.54) is 135 Å². The molecule has 0 aromatic carbocycles. The van der Waals surface area contributed by atoms with Crippen molar-refractivity contribution in [3.05, 3.63) is 85.1 Å². The SMILES string of the molecule is CCCCC/C=C\C/C=C\C/C=C\C/C=C\CCCCCCCCCC(=O)OC1C(OCC(NC(=O)C(O)CCCCCCCCCCCC/C=C\C/C=C\CCCCC)C(O)/C=C/CCCCCCCCCCC)OC(CO)C(O)C1O. The molecule has 6 N–H and O–H groups in total. The van der Waals surface area contributed by atoms with Gasteiger partial charge in [0, 0.05) is 6.42 Å². The van der Waals surface area contributed by atoms with Crippen LogP contribution in [0, 0.1) is 0 Å². The van der Waals surface area contributed by atoms with E-state index in [9.17, 15) is 35.1 Å². The highest BCUT2D eigenvalue weighted by atomic mass is 16.7. The number of amides is 1. The molecule has 0 aromatic heterocycles. The van der Waals surface area contributed by atoms with E-state index in [4.69, 9.17) is 14.2 Å². The lowest BCUT2D eigenvalue weighted by Crippen LogP contribution is -2.61. The van der Waals surface area contributed by atoms with Crippen LogP contribution < -0.4 is 5.32 Å². The maximum absolute atomic E-state index is 13.5. The number of carbonyl (C=O) groups is 2. The summed E-state index contributed by atoms with van der Waals surface area (Å²) in [6.45, 7) is 5.74. The zero-order valence-electron chi connectivity index (χ0n) is 53.3. The second-order valence-corrected chi connectivity index (χ2v) is 23.6. The van der Waals surface area contributed by atoms with Gasteiger partial charge in [-0.2, -0.15) is 0 Å². The second-order valence-electron chi connectivity index (χ2n) is 23.6. The van der Waals surface area contributed by atoms with Crippen LogP contribution in [-0.2, 0) is 23.8 Å². The number of esters is 1. The first-order valence-electron chi connectivity index (χ1n) is 34.4. The Labute approximate surface area is 508 Å². The standard InChI is InChI=1S/C72H127NO10/c1-4-7-10-13-16-19-22-24-26-28-30-32-33-34-36-38-40-42-45-48-51-54-57-60-67(77)83-70-69(79)68(78)66(61-74)82-72(70)81-62-63(64(75)58-55-52-49-46-43-21-18-15-12-9-6-3)73-71(80)65(76)59-56-53-50-47-44-41-39-37-35-31-29-27-25-23-20-17-14-11-8-5-2/h16-17,19-20,24-27,30,32,34,36,55,58,63-66,68-70,72,74-76,78-79H,4-15,18,21-23,28-29,31,33,35,37-54,56-57,59-62H2,1-3H3,(H,73,80)/b19-16-,20-17-,26-24-,27-25-,32-30-,36-34-,58-55+. The fraction of sp³-hybridized carbons (Fsp3) is 0.778. The van der Waals surface area contributed by atoms with Crippen molar-refractivity contribution in [3.63, 3.8) is 0 Å². The molecule has 1 aliphatic rings. The molecule has 83 heavy (non-hydrogen) atoms. The van der Waals surface area contributed by atoms with Crippen LogP contribution >= 0.6 is 0 Å². The van der Waals surface area contributed by atoms with Crippen LogP contribution in [0.2, 0.25) is 0 Å². The topological polar surface area (TPSA) is 175 Å². The molecule has 11 nitrogen and oxygen atoms in total. The summed E-state index contributed by atoms with van der Waals surface area (Å²) < 4.78 is 17.7. The fourth-order valence-corrected chi connectivity index (χ4v) is 10.3. The van der Waals surface area contributed by atoms with E-state index in [0.717, 1.165) is 116 Å². The van der Waals surface area contributed by atoms with Crippen LogP contribution in [0.15, 0.2) is 85.1 Å². The van der Waals surface area contributed by atoms with E-state index in [2.05, 4.69) is 99.0 Å². The lowest BCUT2D eigenvalue weighted by molar-refractivity contribution is -0.305. The van der Waals surface area contributed by atoms with Crippen LogP contribution in [0.5, 0.6) is 0 Å². The number of carbonyl (C=O) groups excluding carboxylic acids is 2. The van der Waals surface area contributed by atoms with Gasteiger partial charge in [-0.05, 0) is 103 Å². The van der Waals surface area contributed by atoms with Gasteiger partial charge in [0.25, 0.3) is 0 Å². The molecule has 8 unspecified atom stereocenters. The highest BCUT2D eigenvalue weighted by Crippen LogP contribution is 2.26. The first-order valence-corrected chi connectivity index (χ1v) is 34.4. The molecule has 0 saturated carbocycles. The maximum Gasteiger partial charge on any atom is 0.306 e. The summed E-state index contributed by atoms with van der Waals surface area (Å²) in [6.07, 6.45) is 67.6. The van der Waals surface area contributed by atoms with E-state index < -0.39 is 67.4 Å². The summed E-state index contributed by atoms with van der Waals surface area (Å²) >= 11 is 0. The molecule has 1 heterocycles. The van der Waals surface area contributed by atoms with E-state index in [-0.39, 0.29) is 19.4 Å². The summed E-state index contributed by atoms with van der Waals surface area (Å²) in [5.74, 6) is -1.21. The Morgan fingerprint density at radius 2 is 0.831 bits per heavy atom. The minimum Gasteiger partial charge on any atom is -0.454 e. The third kappa shape index (κ3) is 46.7. The first kappa shape index (κ1) is 77.9. The Kier molecular flexibility index (Phi) is 55.5. The van der Waals surface area contributed by atoms with Crippen LogP contribution in [0.25, 0.3) is 0 Å². The smallest absolute Gasteiger partial charge is 0.306 e. The number of unbranched alkanes of at least 4 members (excludes halogenated alkanes) is 32. The summed E-state index contributed by atoms with van der Waals surface area (Å²) in [5.41, 5.74) is 0. The summed E-state index contributed by atoms with van der Waals surface area (Å²) in [7, 11) is 0. The number of hydrogen-bond acceptors (Lipinski definition) is 10. The molecular formula is C72H127NO10. The molecular weight excluding hydrogens is 1040 g/mol. The number of hydrogen-bond donors (Lipinski definition) is 6. The van der Waals surface area contributed by atoms with Crippen LogP contribution in [-0.4, -0.2) is 99.6 Å². The van der Waals surface area contributed by atoms with Crippen molar-refractivity contribution in [2.45, 2.75) is 346 Å². The molecule has 8 atom stereocenters. The molecule has 1 rings (SSSR count). The molecule has 480 valence electrons. The van der Waals surface area contributed by atoms with Crippen molar-refractivity contribution in [2.24, 2.45) is 0 Å². The average Bonchev–Trinajstić information content (AvgIpc) is 3.68. The molecule has 0 bridgehead atoms. The average molecular weight is 1170 g/mol. The zero-order valence-corrected chi connectivity index (χ0v) is 53.3. The van der Waals surface area contributed by atoms with Gasteiger partial charge >= 0.3 is 5.97 Å². The molecule has 0 aromatic rings. The van der Waals surface area contributed by atoms with Crippen molar-refractivity contribution in [2.75, 3.05) is 13.2 Å². The number of nitrogens with one attached hydrogen (secondary N) is 1. The van der Waals surface area contributed by atoms with Crippen molar-refractivity contribution in [3.8, 4) is 0 Å². The number of aliphatic hydroxyl groups excluding tert-OH is 5. The van der Waals surface area contributed by atoms with Gasteiger partial charge in [-0.25, -0.2) is 0 Å². The lowest BCUT2D eigenvalue weighted by Gasteiger charge is -2.41.